The second-order valence-corrected chi connectivity index (χ2v) is 7.19. The van der Waals surface area contributed by atoms with Crippen LogP contribution in [0.1, 0.15) is 37.0 Å². The zero-order chi connectivity index (χ0) is 18.0. The van der Waals surface area contributed by atoms with Gasteiger partial charge in [-0.15, -0.1) is 0 Å². The maximum absolute atomic E-state index is 12.7. The van der Waals surface area contributed by atoms with E-state index in [0.717, 1.165) is 19.5 Å². The van der Waals surface area contributed by atoms with Crippen LogP contribution in [-0.2, 0) is 9.53 Å². The Hall–Kier alpha value is -1.63. The van der Waals surface area contributed by atoms with Crippen LogP contribution in [0.2, 0.25) is 5.02 Å². The van der Waals surface area contributed by atoms with Gasteiger partial charge in [0, 0.05) is 36.6 Å². The second-order valence-electron chi connectivity index (χ2n) is 6.75. The van der Waals surface area contributed by atoms with Gasteiger partial charge in [0.05, 0.1) is 24.0 Å². The van der Waals surface area contributed by atoms with E-state index < -0.39 is 0 Å². The standard InChI is InChI=1S/C18H24ClN3O3/c1-3-17(23)21-16-6-12(19)4-5-15(16)18(24)20-13-7-14-10-25-11(2)8-22(14)9-13/h4-6,11,13-14H,3,7-10H2,1-2H3,(H,20,24)(H,21,23)/t11-,13+,14-/m0/s1. The number of fused-ring (bicyclic) bond motifs is 1. The Morgan fingerprint density at radius 1 is 1.36 bits per heavy atom. The van der Waals surface area contributed by atoms with Gasteiger partial charge in [0.2, 0.25) is 5.91 Å². The number of hydrogen-bond donors (Lipinski definition) is 2. The van der Waals surface area contributed by atoms with Crippen LogP contribution in [0, 0.1) is 0 Å². The summed E-state index contributed by atoms with van der Waals surface area (Å²) >= 11 is 6.01. The number of ether oxygens (including phenoxy) is 1. The number of anilines is 1. The lowest BCUT2D eigenvalue weighted by molar-refractivity contribution is -0.115. The highest BCUT2D eigenvalue weighted by Gasteiger charge is 2.37. The minimum absolute atomic E-state index is 0.0804. The fourth-order valence-electron chi connectivity index (χ4n) is 3.46. The number of nitrogens with zero attached hydrogens (tertiary/aromatic N) is 1. The topological polar surface area (TPSA) is 70.7 Å². The maximum Gasteiger partial charge on any atom is 0.253 e. The summed E-state index contributed by atoms with van der Waals surface area (Å²) in [7, 11) is 0. The highest BCUT2D eigenvalue weighted by Crippen LogP contribution is 2.25. The normalized spacial score (nSPS) is 26.1. The summed E-state index contributed by atoms with van der Waals surface area (Å²) in [5, 5.41) is 6.31. The summed E-state index contributed by atoms with van der Waals surface area (Å²) in [6, 6.07) is 5.36. The Labute approximate surface area is 152 Å². The van der Waals surface area contributed by atoms with E-state index in [4.69, 9.17) is 16.3 Å². The van der Waals surface area contributed by atoms with Crippen LogP contribution >= 0.6 is 11.6 Å². The predicted molar refractivity (Wildman–Crippen MR) is 97.0 cm³/mol. The molecule has 25 heavy (non-hydrogen) atoms. The molecule has 7 heteroatoms. The zero-order valence-electron chi connectivity index (χ0n) is 14.5. The van der Waals surface area contributed by atoms with E-state index in [9.17, 15) is 9.59 Å². The molecule has 3 rings (SSSR count). The number of carbonyl (C=O) groups excluding carboxylic acids is 2. The Morgan fingerprint density at radius 3 is 2.92 bits per heavy atom. The highest BCUT2D eigenvalue weighted by atomic mass is 35.5. The van der Waals surface area contributed by atoms with Crippen molar-refractivity contribution >= 4 is 29.1 Å². The van der Waals surface area contributed by atoms with Gasteiger partial charge in [-0.2, -0.15) is 0 Å². The van der Waals surface area contributed by atoms with Crippen LogP contribution < -0.4 is 10.6 Å². The summed E-state index contributed by atoms with van der Waals surface area (Å²) in [5.74, 6) is -0.345. The molecule has 2 fully saturated rings. The molecule has 2 amide bonds. The Bertz CT molecular complexity index is 667. The van der Waals surface area contributed by atoms with E-state index >= 15 is 0 Å². The molecule has 2 aliphatic heterocycles. The molecule has 6 nitrogen and oxygen atoms in total. The average molecular weight is 366 g/mol. The van der Waals surface area contributed by atoms with Gasteiger partial charge in [-0.3, -0.25) is 14.5 Å². The Morgan fingerprint density at radius 2 is 2.16 bits per heavy atom. The molecular formula is C18H24ClN3O3. The Balaban J connectivity index is 1.68. The molecule has 1 aromatic carbocycles. The number of morpholine rings is 1. The van der Waals surface area contributed by atoms with Gasteiger partial charge in [0.1, 0.15) is 0 Å². The molecule has 0 unspecified atom stereocenters. The van der Waals surface area contributed by atoms with Crippen molar-refractivity contribution < 1.29 is 14.3 Å². The first kappa shape index (κ1) is 18.2. The largest absolute Gasteiger partial charge is 0.376 e. The van der Waals surface area contributed by atoms with Gasteiger partial charge in [0.25, 0.3) is 5.91 Å². The van der Waals surface area contributed by atoms with E-state index in [-0.39, 0.29) is 24.0 Å². The number of hydrogen-bond acceptors (Lipinski definition) is 4. The first-order valence-corrected chi connectivity index (χ1v) is 9.10. The smallest absolute Gasteiger partial charge is 0.253 e. The molecule has 2 aliphatic rings. The molecule has 0 saturated carbocycles. The van der Waals surface area contributed by atoms with Gasteiger partial charge in [-0.05, 0) is 31.5 Å². The van der Waals surface area contributed by atoms with Crippen molar-refractivity contribution in [3.63, 3.8) is 0 Å². The van der Waals surface area contributed by atoms with Gasteiger partial charge in [0.15, 0.2) is 0 Å². The monoisotopic (exact) mass is 365 g/mol. The first-order chi connectivity index (χ1) is 12.0. The van der Waals surface area contributed by atoms with Crippen LogP contribution in [0.15, 0.2) is 18.2 Å². The number of nitrogens with one attached hydrogen (secondary N) is 2. The van der Waals surface area contributed by atoms with E-state index in [1.807, 2.05) is 0 Å². The van der Waals surface area contributed by atoms with E-state index in [1.165, 1.54) is 0 Å². The molecule has 0 aliphatic carbocycles. The van der Waals surface area contributed by atoms with Crippen molar-refractivity contribution in [2.45, 2.75) is 44.9 Å². The highest BCUT2D eigenvalue weighted by molar-refractivity contribution is 6.31. The van der Waals surface area contributed by atoms with Gasteiger partial charge < -0.3 is 15.4 Å². The van der Waals surface area contributed by atoms with Crippen LogP contribution in [0.3, 0.4) is 0 Å². The van der Waals surface area contributed by atoms with E-state index in [0.29, 0.717) is 35.3 Å². The minimum atomic E-state index is -0.193. The molecule has 2 saturated heterocycles. The molecule has 0 spiro atoms. The number of carbonyl (C=O) groups is 2. The van der Waals surface area contributed by atoms with Gasteiger partial charge >= 0.3 is 0 Å². The van der Waals surface area contributed by atoms with E-state index in [1.54, 1.807) is 25.1 Å². The average Bonchev–Trinajstić information content (AvgIpc) is 2.95. The molecule has 136 valence electrons. The van der Waals surface area contributed by atoms with Crippen LogP contribution in [-0.4, -0.2) is 54.6 Å². The van der Waals surface area contributed by atoms with Crippen molar-refractivity contribution in [3.05, 3.63) is 28.8 Å². The van der Waals surface area contributed by atoms with Crippen molar-refractivity contribution in [1.29, 1.82) is 0 Å². The number of rotatable bonds is 4. The fraction of sp³-hybridized carbons (Fsp3) is 0.556. The van der Waals surface area contributed by atoms with E-state index in [2.05, 4.69) is 22.5 Å². The van der Waals surface area contributed by atoms with Gasteiger partial charge in [-0.25, -0.2) is 0 Å². The summed E-state index contributed by atoms with van der Waals surface area (Å²) in [6.07, 6.45) is 1.45. The molecular weight excluding hydrogens is 342 g/mol. The van der Waals surface area contributed by atoms with Crippen molar-refractivity contribution in [2.75, 3.05) is 25.0 Å². The Kier molecular flexibility index (Phi) is 5.61. The number of halogens is 1. The van der Waals surface area contributed by atoms with Crippen LogP contribution in [0.25, 0.3) is 0 Å². The quantitative estimate of drug-likeness (QED) is 0.858. The molecule has 2 heterocycles. The fourth-order valence-corrected chi connectivity index (χ4v) is 3.64. The summed E-state index contributed by atoms with van der Waals surface area (Å²) < 4.78 is 5.70. The number of amides is 2. The summed E-state index contributed by atoms with van der Waals surface area (Å²) in [5.41, 5.74) is 0.880. The van der Waals surface area contributed by atoms with Gasteiger partial charge in [-0.1, -0.05) is 18.5 Å². The third-order valence-corrected chi connectivity index (χ3v) is 4.98. The molecule has 0 radical (unpaired) electrons. The molecule has 0 bridgehead atoms. The maximum atomic E-state index is 12.7. The van der Waals surface area contributed by atoms with Crippen molar-refractivity contribution in [2.24, 2.45) is 0 Å². The molecule has 0 aromatic heterocycles. The summed E-state index contributed by atoms with van der Waals surface area (Å²) in [6.45, 7) is 6.27. The zero-order valence-corrected chi connectivity index (χ0v) is 15.3. The SMILES string of the molecule is CCC(=O)Nc1cc(Cl)ccc1C(=O)N[C@@H]1C[C@H]2CO[C@@H](C)CN2C1. The number of benzene rings is 1. The third-order valence-electron chi connectivity index (χ3n) is 4.75. The lowest BCUT2D eigenvalue weighted by atomic mass is 10.1. The second kappa shape index (κ2) is 7.72. The van der Waals surface area contributed by atoms with Crippen molar-refractivity contribution in [3.8, 4) is 0 Å². The first-order valence-electron chi connectivity index (χ1n) is 8.72. The molecule has 2 N–H and O–H groups in total. The third kappa shape index (κ3) is 4.32. The predicted octanol–water partition coefficient (Wildman–Crippen LogP) is 2.28. The van der Waals surface area contributed by atoms with Crippen LogP contribution in [0.5, 0.6) is 0 Å². The molecule has 3 atom stereocenters. The lowest BCUT2D eigenvalue weighted by Gasteiger charge is -2.33. The summed E-state index contributed by atoms with van der Waals surface area (Å²) in [4.78, 5) is 26.8. The van der Waals surface area contributed by atoms with Crippen molar-refractivity contribution in [1.82, 2.24) is 10.2 Å². The lowest BCUT2D eigenvalue weighted by Crippen LogP contribution is -2.45. The minimum Gasteiger partial charge on any atom is -0.376 e. The molecule has 1 aromatic rings. The van der Waals surface area contributed by atoms with Crippen LogP contribution in [0.4, 0.5) is 5.69 Å².